The Morgan fingerprint density at radius 1 is 1.33 bits per heavy atom. The van der Waals surface area contributed by atoms with Crippen LogP contribution in [-0.2, 0) is 4.74 Å². The van der Waals surface area contributed by atoms with E-state index < -0.39 is 0 Å². The average Bonchev–Trinajstić information content (AvgIpc) is 2.44. The summed E-state index contributed by atoms with van der Waals surface area (Å²) in [5.41, 5.74) is 6.16. The molecule has 3 atom stereocenters. The Balaban J connectivity index is 2.17. The van der Waals surface area contributed by atoms with Crippen LogP contribution >= 0.6 is 0 Å². The van der Waals surface area contributed by atoms with E-state index in [-0.39, 0.29) is 0 Å². The number of ether oxygens (including phenoxy) is 1. The zero-order chi connectivity index (χ0) is 11.1. The van der Waals surface area contributed by atoms with Crippen LogP contribution in [0.15, 0.2) is 0 Å². The Morgan fingerprint density at radius 2 is 2.07 bits per heavy atom. The van der Waals surface area contributed by atoms with Gasteiger partial charge in [-0.2, -0.15) is 0 Å². The summed E-state index contributed by atoms with van der Waals surface area (Å²) in [4.78, 5) is 0. The standard InChI is InChI=1S/C12H26N2O/c1-10(15-2)8-14-9-11-6-4-3-5-7-12(11)13/h10-12,14H,3-9,13H2,1-2H3. The fourth-order valence-corrected chi connectivity index (χ4v) is 2.22. The second-order valence-electron chi connectivity index (χ2n) is 4.77. The quantitative estimate of drug-likeness (QED) is 0.682. The summed E-state index contributed by atoms with van der Waals surface area (Å²) in [7, 11) is 1.75. The number of methoxy groups -OCH3 is 1. The van der Waals surface area contributed by atoms with Gasteiger partial charge in [0.15, 0.2) is 0 Å². The summed E-state index contributed by atoms with van der Waals surface area (Å²) < 4.78 is 5.20. The zero-order valence-corrected chi connectivity index (χ0v) is 10.2. The number of hydrogen-bond donors (Lipinski definition) is 2. The van der Waals surface area contributed by atoms with Crippen molar-refractivity contribution in [2.75, 3.05) is 20.2 Å². The van der Waals surface area contributed by atoms with Crippen molar-refractivity contribution in [1.29, 1.82) is 0 Å². The Hall–Kier alpha value is -0.120. The predicted octanol–water partition coefficient (Wildman–Crippen LogP) is 1.52. The summed E-state index contributed by atoms with van der Waals surface area (Å²) in [5, 5.41) is 3.46. The van der Waals surface area contributed by atoms with Gasteiger partial charge in [0.2, 0.25) is 0 Å². The minimum atomic E-state index is 0.298. The van der Waals surface area contributed by atoms with Crippen LogP contribution in [0.5, 0.6) is 0 Å². The molecule has 0 bridgehead atoms. The minimum absolute atomic E-state index is 0.298. The lowest BCUT2D eigenvalue weighted by molar-refractivity contribution is 0.115. The highest BCUT2D eigenvalue weighted by atomic mass is 16.5. The van der Waals surface area contributed by atoms with Crippen molar-refractivity contribution >= 4 is 0 Å². The molecule has 3 nitrogen and oxygen atoms in total. The Bertz CT molecular complexity index is 164. The number of hydrogen-bond acceptors (Lipinski definition) is 3. The largest absolute Gasteiger partial charge is 0.380 e. The van der Waals surface area contributed by atoms with Gasteiger partial charge in [-0.1, -0.05) is 19.3 Å². The number of nitrogens with one attached hydrogen (secondary N) is 1. The van der Waals surface area contributed by atoms with Gasteiger partial charge >= 0.3 is 0 Å². The first-order valence-electron chi connectivity index (χ1n) is 6.23. The molecule has 15 heavy (non-hydrogen) atoms. The van der Waals surface area contributed by atoms with Gasteiger partial charge in [0.1, 0.15) is 0 Å². The molecule has 0 aromatic heterocycles. The van der Waals surface area contributed by atoms with Crippen LogP contribution in [0, 0.1) is 5.92 Å². The van der Waals surface area contributed by atoms with Gasteiger partial charge < -0.3 is 15.8 Å². The summed E-state index contributed by atoms with van der Waals surface area (Å²) in [5.74, 6) is 0.663. The van der Waals surface area contributed by atoms with Crippen LogP contribution in [0.3, 0.4) is 0 Å². The zero-order valence-electron chi connectivity index (χ0n) is 10.2. The third-order valence-corrected chi connectivity index (χ3v) is 3.46. The molecule has 0 aromatic rings. The molecule has 0 aromatic carbocycles. The van der Waals surface area contributed by atoms with Gasteiger partial charge in [0.25, 0.3) is 0 Å². The van der Waals surface area contributed by atoms with Crippen molar-refractivity contribution in [3.63, 3.8) is 0 Å². The third-order valence-electron chi connectivity index (χ3n) is 3.46. The molecular formula is C12H26N2O. The van der Waals surface area contributed by atoms with E-state index in [0.29, 0.717) is 18.1 Å². The molecule has 1 aliphatic carbocycles. The Morgan fingerprint density at radius 3 is 2.80 bits per heavy atom. The minimum Gasteiger partial charge on any atom is -0.380 e. The molecule has 1 rings (SSSR count). The summed E-state index contributed by atoms with van der Waals surface area (Å²) in [6.07, 6.45) is 6.80. The Labute approximate surface area is 93.8 Å². The lowest BCUT2D eigenvalue weighted by Gasteiger charge is -2.22. The molecule has 3 heteroatoms. The van der Waals surface area contributed by atoms with E-state index >= 15 is 0 Å². The highest BCUT2D eigenvalue weighted by molar-refractivity contribution is 4.78. The van der Waals surface area contributed by atoms with Crippen molar-refractivity contribution in [1.82, 2.24) is 5.32 Å². The van der Waals surface area contributed by atoms with Crippen LogP contribution in [-0.4, -0.2) is 32.3 Å². The van der Waals surface area contributed by atoms with Gasteiger partial charge in [-0.3, -0.25) is 0 Å². The molecule has 0 spiro atoms. The SMILES string of the molecule is COC(C)CNCC1CCCCCC1N. The molecule has 0 amide bonds. The van der Waals surface area contributed by atoms with Crippen molar-refractivity contribution in [3.05, 3.63) is 0 Å². The van der Waals surface area contributed by atoms with Gasteiger partial charge in [-0.25, -0.2) is 0 Å². The molecule has 1 saturated carbocycles. The molecule has 0 saturated heterocycles. The van der Waals surface area contributed by atoms with Gasteiger partial charge in [0, 0.05) is 19.7 Å². The van der Waals surface area contributed by atoms with E-state index in [0.717, 1.165) is 13.1 Å². The molecule has 3 N–H and O–H groups in total. The smallest absolute Gasteiger partial charge is 0.0667 e. The van der Waals surface area contributed by atoms with Crippen molar-refractivity contribution in [2.24, 2.45) is 11.7 Å². The maximum Gasteiger partial charge on any atom is 0.0667 e. The first-order chi connectivity index (χ1) is 7.24. The van der Waals surface area contributed by atoms with Gasteiger partial charge in [-0.05, 0) is 32.2 Å². The maximum atomic E-state index is 6.16. The van der Waals surface area contributed by atoms with E-state index in [2.05, 4.69) is 12.2 Å². The van der Waals surface area contributed by atoms with Crippen molar-refractivity contribution in [3.8, 4) is 0 Å². The van der Waals surface area contributed by atoms with Gasteiger partial charge in [0.05, 0.1) is 6.10 Å². The summed E-state index contributed by atoms with van der Waals surface area (Å²) in [6.45, 7) is 4.06. The van der Waals surface area contributed by atoms with Crippen LogP contribution in [0.2, 0.25) is 0 Å². The first-order valence-corrected chi connectivity index (χ1v) is 6.23. The molecule has 1 fully saturated rings. The van der Waals surface area contributed by atoms with Crippen molar-refractivity contribution in [2.45, 2.75) is 51.2 Å². The molecule has 0 radical (unpaired) electrons. The molecule has 0 aliphatic heterocycles. The van der Waals surface area contributed by atoms with Crippen LogP contribution in [0.25, 0.3) is 0 Å². The highest BCUT2D eigenvalue weighted by Crippen LogP contribution is 2.21. The lowest BCUT2D eigenvalue weighted by atomic mass is 9.95. The van der Waals surface area contributed by atoms with E-state index in [4.69, 9.17) is 10.5 Å². The topological polar surface area (TPSA) is 47.3 Å². The fraction of sp³-hybridized carbons (Fsp3) is 1.00. The summed E-state index contributed by atoms with van der Waals surface area (Å²) in [6, 6.07) is 0.401. The molecule has 0 heterocycles. The normalized spacial score (nSPS) is 29.8. The van der Waals surface area contributed by atoms with Gasteiger partial charge in [-0.15, -0.1) is 0 Å². The molecule has 1 aliphatic rings. The van der Waals surface area contributed by atoms with E-state index in [1.54, 1.807) is 7.11 Å². The summed E-state index contributed by atoms with van der Waals surface area (Å²) >= 11 is 0. The average molecular weight is 214 g/mol. The highest BCUT2D eigenvalue weighted by Gasteiger charge is 2.19. The van der Waals surface area contributed by atoms with E-state index in [9.17, 15) is 0 Å². The van der Waals surface area contributed by atoms with Crippen LogP contribution in [0.1, 0.15) is 39.0 Å². The number of nitrogens with two attached hydrogens (primary N) is 1. The Kier molecular flexibility index (Phi) is 6.22. The van der Waals surface area contributed by atoms with Crippen LogP contribution < -0.4 is 11.1 Å². The first kappa shape index (κ1) is 12.9. The second-order valence-corrected chi connectivity index (χ2v) is 4.77. The van der Waals surface area contributed by atoms with E-state index in [1.165, 1.54) is 32.1 Å². The van der Waals surface area contributed by atoms with E-state index in [1.807, 2.05) is 0 Å². The lowest BCUT2D eigenvalue weighted by Crippen LogP contribution is -2.38. The molecular weight excluding hydrogens is 188 g/mol. The fourth-order valence-electron chi connectivity index (χ4n) is 2.22. The van der Waals surface area contributed by atoms with Crippen molar-refractivity contribution < 1.29 is 4.74 Å². The molecule has 3 unspecified atom stereocenters. The maximum absolute atomic E-state index is 6.16. The molecule has 90 valence electrons. The predicted molar refractivity (Wildman–Crippen MR) is 63.9 cm³/mol. The number of rotatable bonds is 5. The third kappa shape index (κ3) is 4.96. The monoisotopic (exact) mass is 214 g/mol. The van der Waals surface area contributed by atoms with Crippen LogP contribution in [0.4, 0.5) is 0 Å². The second kappa shape index (κ2) is 7.20.